The summed E-state index contributed by atoms with van der Waals surface area (Å²) >= 11 is 0. The first kappa shape index (κ1) is 15.9. The van der Waals surface area contributed by atoms with Crippen LogP contribution < -0.4 is 0 Å². The summed E-state index contributed by atoms with van der Waals surface area (Å²) < 4.78 is 25.9. The lowest BCUT2D eigenvalue weighted by atomic mass is 9.62. The van der Waals surface area contributed by atoms with E-state index in [4.69, 9.17) is 0 Å². The molecule has 0 N–H and O–H groups in total. The van der Waals surface area contributed by atoms with E-state index in [0.29, 0.717) is 24.7 Å². The maximum Gasteiger partial charge on any atom is 0.241 e. The van der Waals surface area contributed by atoms with Crippen LogP contribution in [0.2, 0.25) is 0 Å². The fourth-order valence-electron chi connectivity index (χ4n) is 3.66. The molecule has 0 spiro atoms. The molecule has 0 amide bonds. The van der Waals surface area contributed by atoms with Crippen LogP contribution in [0.3, 0.4) is 0 Å². The fraction of sp³-hybridized carbons (Fsp3) is 1.00. The van der Waals surface area contributed by atoms with Crippen LogP contribution in [0.4, 0.5) is 8.78 Å². The summed E-state index contributed by atoms with van der Waals surface area (Å²) in [6.07, 6.45) is 1.18. The molecular formula is C16H30F2. The number of hydrogen-bond acceptors (Lipinski definition) is 0. The van der Waals surface area contributed by atoms with Gasteiger partial charge in [0, 0.05) is 5.92 Å². The van der Waals surface area contributed by atoms with E-state index in [2.05, 4.69) is 41.5 Å². The van der Waals surface area contributed by atoms with Gasteiger partial charge in [-0.3, -0.25) is 0 Å². The molecule has 1 saturated carbocycles. The quantitative estimate of drug-likeness (QED) is 0.525. The van der Waals surface area contributed by atoms with Gasteiger partial charge in [0.2, 0.25) is 6.43 Å². The molecule has 0 aromatic rings. The molecule has 1 fully saturated rings. The van der Waals surface area contributed by atoms with Crippen LogP contribution in [0, 0.1) is 28.6 Å². The normalized spacial score (nSPS) is 31.5. The van der Waals surface area contributed by atoms with E-state index in [-0.39, 0.29) is 16.7 Å². The third-order valence-corrected chi connectivity index (χ3v) is 4.76. The van der Waals surface area contributed by atoms with Crippen molar-refractivity contribution in [2.24, 2.45) is 28.6 Å². The standard InChI is InChI=1S/C16H30F2/c1-15(2,3)12-9-7-11(14(17)18)8-10-13(12)16(4,5)6/h11-14H,7-10H2,1-6H3. The Labute approximate surface area is 112 Å². The Morgan fingerprint density at radius 3 is 1.28 bits per heavy atom. The Balaban J connectivity index is 2.91. The Morgan fingerprint density at radius 2 is 1.06 bits per heavy atom. The molecule has 0 heterocycles. The summed E-state index contributed by atoms with van der Waals surface area (Å²) in [5, 5.41) is 0. The smallest absolute Gasteiger partial charge is 0.210 e. The van der Waals surface area contributed by atoms with Gasteiger partial charge in [-0.15, -0.1) is 0 Å². The van der Waals surface area contributed by atoms with Crippen LogP contribution >= 0.6 is 0 Å². The second-order valence-corrected chi connectivity index (χ2v) is 8.19. The van der Waals surface area contributed by atoms with Crippen LogP contribution in [0.5, 0.6) is 0 Å². The van der Waals surface area contributed by atoms with Gasteiger partial charge in [0.25, 0.3) is 0 Å². The zero-order valence-electron chi connectivity index (χ0n) is 12.9. The highest BCUT2D eigenvalue weighted by Crippen LogP contribution is 2.49. The zero-order chi connectivity index (χ0) is 14.1. The third kappa shape index (κ3) is 3.93. The van der Waals surface area contributed by atoms with Gasteiger partial charge < -0.3 is 0 Å². The molecule has 1 rings (SSSR count). The molecule has 0 nitrogen and oxygen atoms in total. The molecule has 0 aliphatic heterocycles. The van der Waals surface area contributed by atoms with Gasteiger partial charge in [-0.1, -0.05) is 41.5 Å². The number of rotatable bonds is 1. The minimum atomic E-state index is -2.13. The lowest BCUT2D eigenvalue weighted by Gasteiger charge is -2.43. The van der Waals surface area contributed by atoms with Crippen molar-refractivity contribution in [3.05, 3.63) is 0 Å². The third-order valence-electron chi connectivity index (χ3n) is 4.76. The molecule has 0 radical (unpaired) electrons. The van der Waals surface area contributed by atoms with E-state index in [1.54, 1.807) is 0 Å². The average molecular weight is 260 g/mol. The Hall–Kier alpha value is -0.140. The van der Waals surface area contributed by atoms with Gasteiger partial charge in [-0.2, -0.15) is 0 Å². The predicted molar refractivity (Wildman–Crippen MR) is 73.9 cm³/mol. The number of alkyl halides is 2. The van der Waals surface area contributed by atoms with Gasteiger partial charge in [0.15, 0.2) is 0 Å². The summed E-state index contributed by atoms with van der Waals surface area (Å²) in [6, 6.07) is 0. The summed E-state index contributed by atoms with van der Waals surface area (Å²) in [4.78, 5) is 0. The summed E-state index contributed by atoms with van der Waals surface area (Å²) in [6.45, 7) is 13.6. The Kier molecular flexibility index (Phi) is 4.83. The Morgan fingerprint density at radius 1 is 0.722 bits per heavy atom. The molecule has 108 valence electrons. The van der Waals surface area contributed by atoms with E-state index in [1.165, 1.54) is 0 Å². The van der Waals surface area contributed by atoms with Crippen LogP contribution in [0.1, 0.15) is 67.2 Å². The van der Waals surface area contributed by atoms with Crippen molar-refractivity contribution in [3.63, 3.8) is 0 Å². The van der Waals surface area contributed by atoms with E-state index in [9.17, 15) is 8.78 Å². The molecule has 0 bridgehead atoms. The molecule has 0 saturated heterocycles. The molecule has 2 unspecified atom stereocenters. The minimum absolute atomic E-state index is 0.217. The SMILES string of the molecule is CC(C)(C)C1CCC(C(F)F)CCC1C(C)(C)C. The van der Waals surface area contributed by atoms with E-state index in [0.717, 1.165) is 12.8 Å². The van der Waals surface area contributed by atoms with Crippen molar-refractivity contribution in [2.75, 3.05) is 0 Å². The van der Waals surface area contributed by atoms with Gasteiger partial charge in [-0.25, -0.2) is 8.78 Å². The topological polar surface area (TPSA) is 0 Å². The molecule has 0 aromatic heterocycles. The van der Waals surface area contributed by atoms with Crippen LogP contribution in [0.25, 0.3) is 0 Å². The largest absolute Gasteiger partial charge is 0.241 e. The van der Waals surface area contributed by atoms with E-state index in [1.807, 2.05) is 0 Å². The molecule has 2 heteroatoms. The summed E-state index contributed by atoms with van der Waals surface area (Å²) in [5.74, 6) is 0.740. The molecule has 18 heavy (non-hydrogen) atoms. The Bertz CT molecular complexity index is 233. The maximum atomic E-state index is 12.9. The fourth-order valence-corrected chi connectivity index (χ4v) is 3.66. The first-order valence-electron chi connectivity index (χ1n) is 7.31. The number of halogens is 2. The van der Waals surface area contributed by atoms with Crippen molar-refractivity contribution in [1.82, 2.24) is 0 Å². The summed E-state index contributed by atoms with van der Waals surface area (Å²) in [5.41, 5.74) is 0.434. The minimum Gasteiger partial charge on any atom is -0.210 e. The first-order valence-corrected chi connectivity index (χ1v) is 7.31. The van der Waals surface area contributed by atoms with Gasteiger partial charge >= 0.3 is 0 Å². The molecular weight excluding hydrogens is 230 g/mol. The highest BCUT2D eigenvalue weighted by Gasteiger charge is 2.41. The van der Waals surface area contributed by atoms with Crippen molar-refractivity contribution in [2.45, 2.75) is 73.7 Å². The maximum absolute atomic E-state index is 12.9. The monoisotopic (exact) mass is 260 g/mol. The first-order chi connectivity index (χ1) is 8.03. The number of hydrogen-bond donors (Lipinski definition) is 0. The van der Waals surface area contributed by atoms with E-state index < -0.39 is 6.43 Å². The second-order valence-electron chi connectivity index (χ2n) is 8.19. The predicted octanol–water partition coefficient (Wildman–Crippen LogP) is 5.77. The highest BCUT2D eigenvalue weighted by molar-refractivity contribution is 4.90. The van der Waals surface area contributed by atoms with E-state index >= 15 is 0 Å². The van der Waals surface area contributed by atoms with Crippen LogP contribution in [-0.4, -0.2) is 6.43 Å². The van der Waals surface area contributed by atoms with Gasteiger partial charge in [0.1, 0.15) is 0 Å². The van der Waals surface area contributed by atoms with Crippen molar-refractivity contribution in [1.29, 1.82) is 0 Å². The lowest BCUT2D eigenvalue weighted by molar-refractivity contribution is 0.0646. The molecule has 1 aliphatic carbocycles. The van der Waals surface area contributed by atoms with Crippen molar-refractivity contribution >= 4 is 0 Å². The molecule has 0 aromatic carbocycles. The zero-order valence-corrected chi connectivity index (χ0v) is 12.9. The summed E-state index contributed by atoms with van der Waals surface area (Å²) in [7, 11) is 0. The van der Waals surface area contributed by atoms with Gasteiger partial charge in [-0.05, 0) is 48.3 Å². The average Bonchev–Trinajstić information content (AvgIpc) is 2.36. The van der Waals surface area contributed by atoms with Gasteiger partial charge in [0.05, 0.1) is 0 Å². The van der Waals surface area contributed by atoms with Crippen LogP contribution in [-0.2, 0) is 0 Å². The lowest BCUT2D eigenvalue weighted by Crippen LogP contribution is -2.35. The molecule has 2 atom stereocenters. The highest BCUT2D eigenvalue weighted by atomic mass is 19.3. The van der Waals surface area contributed by atoms with Crippen LogP contribution in [0.15, 0.2) is 0 Å². The second kappa shape index (κ2) is 5.46. The van der Waals surface area contributed by atoms with Crippen molar-refractivity contribution in [3.8, 4) is 0 Å². The molecule has 1 aliphatic rings. The van der Waals surface area contributed by atoms with Crippen molar-refractivity contribution < 1.29 is 8.78 Å².